The molecule has 0 aliphatic carbocycles. The lowest BCUT2D eigenvalue weighted by Crippen LogP contribution is -2.43. The number of hydrogen-bond acceptors (Lipinski definition) is 3. The van der Waals surface area contributed by atoms with Gasteiger partial charge in [0.25, 0.3) is 0 Å². The van der Waals surface area contributed by atoms with Crippen LogP contribution in [-0.4, -0.2) is 30.8 Å². The van der Waals surface area contributed by atoms with Gasteiger partial charge in [-0.3, -0.25) is 0 Å². The van der Waals surface area contributed by atoms with Gasteiger partial charge in [-0.05, 0) is 54.8 Å². The minimum Gasteiger partial charge on any atom is -0.465 e. The second kappa shape index (κ2) is 7.41. The Morgan fingerprint density at radius 2 is 1.93 bits per heavy atom. The van der Waals surface area contributed by atoms with E-state index in [4.69, 9.17) is 16.7 Å². The number of piperidine rings is 1. The molecule has 0 radical (unpaired) electrons. The molecule has 1 saturated heterocycles. The molecule has 3 N–H and O–H groups in total. The lowest BCUT2D eigenvalue weighted by Gasteiger charge is -2.36. The van der Waals surface area contributed by atoms with E-state index in [0.717, 1.165) is 44.6 Å². The Kier molecular flexibility index (Phi) is 4.98. The van der Waals surface area contributed by atoms with E-state index in [2.05, 4.69) is 45.9 Å². The number of amides is 1. The Hall–Kier alpha value is -2.24. The van der Waals surface area contributed by atoms with Crippen LogP contribution in [0, 0.1) is 0 Å². The summed E-state index contributed by atoms with van der Waals surface area (Å²) in [5, 5.41) is 15.7. The summed E-state index contributed by atoms with van der Waals surface area (Å²) in [6.45, 7) is 3.97. The molecule has 5 nitrogen and oxygen atoms in total. The molecular formula is C21H24ClN3O2. The minimum absolute atomic E-state index is 0.0236. The van der Waals surface area contributed by atoms with E-state index in [0.29, 0.717) is 5.02 Å². The fraction of sp³-hybridized carbons (Fsp3) is 0.381. The summed E-state index contributed by atoms with van der Waals surface area (Å²) in [7, 11) is 0. The number of carbonyl (C=O) groups is 1. The van der Waals surface area contributed by atoms with Gasteiger partial charge < -0.3 is 20.6 Å². The third kappa shape index (κ3) is 3.49. The lowest BCUT2D eigenvalue weighted by atomic mass is 9.73. The van der Waals surface area contributed by atoms with Crippen molar-refractivity contribution < 1.29 is 9.90 Å². The number of halogens is 1. The van der Waals surface area contributed by atoms with Gasteiger partial charge in [0.05, 0.1) is 0 Å². The molecule has 0 aromatic heterocycles. The van der Waals surface area contributed by atoms with Crippen molar-refractivity contribution in [3.63, 3.8) is 0 Å². The van der Waals surface area contributed by atoms with Crippen LogP contribution < -0.4 is 15.5 Å². The van der Waals surface area contributed by atoms with Gasteiger partial charge in [-0.25, -0.2) is 4.79 Å². The van der Waals surface area contributed by atoms with Crippen LogP contribution in [-0.2, 0) is 18.5 Å². The third-order valence-electron chi connectivity index (χ3n) is 5.79. The average Bonchev–Trinajstić information content (AvgIpc) is 2.95. The molecule has 6 heteroatoms. The maximum Gasteiger partial charge on any atom is 0.404 e. The van der Waals surface area contributed by atoms with Crippen LogP contribution in [0.5, 0.6) is 0 Å². The molecule has 0 saturated carbocycles. The molecule has 0 bridgehead atoms. The molecule has 1 amide bonds. The van der Waals surface area contributed by atoms with Crippen molar-refractivity contribution in [2.45, 2.75) is 31.3 Å². The van der Waals surface area contributed by atoms with E-state index >= 15 is 0 Å². The first-order valence-corrected chi connectivity index (χ1v) is 9.75. The smallest absolute Gasteiger partial charge is 0.404 e. The van der Waals surface area contributed by atoms with Gasteiger partial charge in [-0.1, -0.05) is 41.9 Å². The fourth-order valence-corrected chi connectivity index (χ4v) is 4.81. The maximum atomic E-state index is 11.1. The summed E-state index contributed by atoms with van der Waals surface area (Å²) < 4.78 is 0. The molecular weight excluding hydrogens is 362 g/mol. The maximum absolute atomic E-state index is 11.1. The van der Waals surface area contributed by atoms with Crippen molar-refractivity contribution in [3.8, 4) is 0 Å². The zero-order valence-electron chi connectivity index (χ0n) is 15.2. The number of rotatable bonds is 4. The van der Waals surface area contributed by atoms with Crippen LogP contribution in [0.3, 0.4) is 0 Å². The van der Waals surface area contributed by atoms with Crippen LogP contribution in [0.2, 0.25) is 5.02 Å². The predicted molar refractivity (Wildman–Crippen MR) is 108 cm³/mol. The highest BCUT2D eigenvalue weighted by Crippen LogP contribution is 2.49. The standard InChI is InChI=1S/C21H24ClN3O2/c22-17-6-7-18-19(16(17)12-24-20(26)27)21(8-10-23-11-9-21)14-25(18)13-15-4-2-1-3-5-15/h1-7,23-24H,8-14H2,(H,26,27). The minimum atomic E-state index is -1.03. The van der Waals surface area contributed by atoms with E-state index in [9.17, 15) is 4.79 Å². The van der Waals surface area contributed by atoms with Gasteiger partial charge in [-0.15, -0.1) is 0 Å². The van der Waals surface area contributed by atoms with E-state index < -0.39 is 6.09 Å². The second-order valence-corrected chi connectivity index (χ2v) is 7.86. The molecule has 0 atom stereocenters. The highest BCUT2D eigenvalue weighted by molar-refractivity contribution is 6.31. The van der Waals surface area contributed by atoms with Crippen molar-refractivity contribution in [1.82, 2.24) is 10.6 Å². The monoisotopic (exact) mass is 385 g/mol. The number of benzene rings is 2. The predicted octanol–water partition coefficient (Wildman–Crippen LogP) is 3.75. The normalized spacial score (nSPS) is 17.7. The fourth-order valence-electron chi connectivity index (χ4n) is 4.59. The zero-order valence-corrected chi connectivity index (χ0v) is 15.9. The molecule has 142 valence electrons. The first-order chi connectivity index (χ1) is 13.1. The molecule has 2 aromatic carbocycles. The highest BCUT2D eigenvalue weighted by Gasteiger charge is 2.45. The van der Waals surface area contributed by atoms with Crippen LogP contribution in [0.4, 0.5) is 10.5 Å². The van der Waals surface area contributed by atoms with Gasteiger partial charge in [-0.2, -0.15) is 0 Å². The third-order valence-corrected chi connectivity index (χ3v) is 6.15. The second-order valence-electron chi connectivity index (χ2n) is 7.45. The number of nitrogens with zero attached hydrogens (tertiary/aromatic N) is 1. The first-order valence-electron chi connectivity index (χ1n) is 9.37. The Labute approximate surface area is 164 Å². The van der Waals surface area contributed by atoms with E-state index in [1.54, 1.807) is 0 Å². The molecule has 1 fully saturated rings. The molecule has 2 aliphatic rings. The van der Waals surface area contributed by atoms with Crippen molar-refractivity contribution in [1.29, 1.82) is 0 Å². The molecule has 2 aromatic rings. The summed E-state index contributed by atoms with van der Waals surface area (Å²) in [5.74, 6) is 0. The molecule has 4 rings (SSSR count). The van der Waals surface area contributed by atoms with E-state index in [-0.39, 0.29) is 12.0 Å². The quantitative estimate of drug-likeness (QED) is 0.750. The van der Waals surface area contributed by atoms with E-state index in [1.165, 1.54) is 16.8 Å². The van der Waals surface area contributed by atoms with Crippen molar-refractivity contribution in [2.75, 3.05) is 24.5 Å². The van der Waals surface area contributed by atoms with Gasteiger partial charge in [0.15, 0.2) is 0 Å². The summed E-state index contributed by atoms with van der Waals surface area (Å²) in [4.78, 5) is 13.5. The number of carboxylic acid groups (broad SMARTS) is 1. The van der Waals surface area contributed by atoms with Gasteiger partial charge in [0.2, 0.25) is 0 Å². The van der Waals surface area contributed by atoms with Gasteiger partial charge >= 0.3 is 6.09 Å². The van der Waals surface area contributed by atoms with E-state index in [1.807, 2.05) is 12.1 Å². The summed E-state index contributed by atoms with van der Waals surface area (Å²) >= 11 is 6.53. The number of nitrogens with one attached hydrogen (secondary N) is 2. The van der Waals surface area contributed by atoms with Crippen molar-refractivity contribution in [3.05, 3.63) is 64.2 Å². The molecule has 2 heterocycles. The number of anilines is 1. The Morgan fingerprint density at radius 3 is 2.63 bits per heavy atom. The summed E-state index contributed by atoms with van der Waals surface area (Å²) in [5.41, 5.74) is 4.65. The van der Waals surface area contributed by atoms with Crippen LogP contribution >= 0.6 is 11.6 Å². The van der Waals surface area contributed by atoms with Crippen molar-refractivity contribution >= 4 is 23.4 Å². The lowest BCUT2D eigenvalue weighted by molar-refractivity contribution is 0.194. The van der Waals surface area contributed by atoms with Gasteiger partial charge in [0, 0.05) is 35.8 Å². The number of fused-ring (bicyclic) bond motifs is 2. The highest BCUT2D eigenvalue weighted by atomic mass is 35.5. The molecule has 2 aliphatic heterocycles. The molecule has 0 unspecified atom stereocenters. The molecule has 27 heavy (non-hydrogen) atoms. The Balaban J connectivity index is 1.76. The Bertz CT molecular complexity index is 835. The van der Waals surface area contributed by atoms with Crippen molar-refractivity contribution in [2.24, 2.45) is 0 Å². The van der Waals surface area contributed by atoms with Crippen LogP contribution in [0.25, 0.3) is 0 Å². The van der Waals surface area contributed by atoms with Gasteiger partial charge in [0.1, 0.15) is 0 Å². The van der Waals surface area contributed by atoms with Crippen LogP contribution in [0.15, 0.2) is 42.5 Å². The number of hydrogen-bond donors (Lipinski definition) is 3. The first kappa shape index (κ1) is 18.1. The summed E-state index contributed by atoms with van der Waals surface area (Å²) in [6.07, 6.45) is 1.04. The Morgan fingerprint density at radius 1 is 1.19 bits per heavy atom. The SMILES string of the molecule is O=C(O)NCc1c(Cl)ccc2c1C1(CCNCC1)CN2Cc1ccccc1. The topological polar surface area (TPSA) is 64.6 Å². The summed E-state index contributed by atoms with van der Waals surface area (Å²) in [6, 6.07) is 14.5. The largest absolute Gasteiger partial charge is 0.465 e. The molecule has 1 spiro atoms. The average molecular weight is 386 g/mol. The van der Waals surface area contributed by atoms with Crippen LogP contribution in [0.1, 0.15) is 29.5 Å². The zero-order chi connectivity index (χ0) is 18.9.